The summed E-state index contributed by atoms with van der Waals surface area (Å²) < 4.78 is 17.7. The lowest BCUT2D eigenvalue weighted by molar-refractivity contribution is -0.143. The summed E-state index contributed by atoms with van der Waals surface area (Å²) in [6.07, 6.45) is 8.60. The molecule has 0 atom stereocenters. The smallest absolute Gasteiger partial charge is 0.306 e. The van der Waals surface area contributed by atoms with Gasteiger partial charge in [0.25, 0.3) is 0 Å². The number of rotatable bonds is 12. The highest BCUT2D eigenvalue weighted by Crippen LogP contribution is 2.32. The number of carbonyl (C=O) groups is 1. The monoisotopic (exact) mass is 442 g/mol. The second kappa shape index (κ2) is 12.3. The lowest BCUT2D eigenvalue weighted by atomic mass is 9.87. The van der Waals surface area contributed by atoms with Crippen molar-refractivity contribution in [1.29, 1.82) is 0 Å². The van der Waals surface area contributed by atoms with Crippen LogP contribution in [0.4, 0.5) is 0 Å². The third kappa shape index (κ3) is 6.84. The van der Waals surface area contributed by atoms with E-state index >= 15 is 0 Å². The van der Waals surface area contributed by atoms with Crippen molar-refractivity contribution in [2.24, 2.45) is 5.92 Å². The molecule has 0 amide bonds. The van der Waals surface area contributed by atoms with Crippen molar-refractivity contribution < 1.29 is 24.1 Å². The van der Waals surface area contributed by atoms with E-state index in [4.69, 9.17) is 19.3 Å². The number of ether oxygens (including phenoxy) is 3. The van der Waals surface area contributed by atoms with Gasteiger partial charge in [0.05, 0.1) is 19.1 Å². The zero-order valence-corrected chi connectivity index (χ0v) is 19.1. The average Bonchev–Trinajstić information content (AvgIpc) is 2.81. The van der Waals surface area contributed by atoms with Crippen molar-refractivity contribution in [2.45, 2.75) is 71.3 Å². The minimum absolute atomic E-state index is 0.0121. The van der Waals surface area contributed by atoms with Gasteiger partial charge in [-0.1, -0.05) is 26.7 Å². The van der Waals surface area contributed by atoms with Crippen LogP contribution < -0.4 is 14.2 Å². The van der Waals surface area contributed by atoms with Crippen LogP contribution in [0.25, 0.3) is 11.1 Å². The van der Waals surface area contributed by atoms with Crippen LogP contribution in [0.5, 0.6) is 17.6 Å². The number of nitrogens with zero attached hydrogens (tertiary/aromatic N) is 2. The standard InChI is InChI=1S/C25H34N2O5/c1-3-5-15-30-23-14-12-21(24(27-23)31-16-6-4-2)19-9-13-22(26-17-19)32-20-10-7-18(8-11-20)25(28)29/h9,12-14,17-18,20H,3-8,10-11,15-16H2,1-2H3,(H,28,29). The van der Waals surface area contributed by atoms with Crippen molar-refractivity contribution in [1.82, 2.24) is 9.97 Å². The predicted octanol–water partition coefficient (Wildman–Crippen LogP) is 5.52. The fraction of sp³-hybridized carbons (Fsp3) is 0.560. The molecule has 1 aliphatic rings. The minimum Gasteiger partial charge on any atom is -0.481 e. The van der Waals surface area contributed by atoms with E-state index in [9.17, 15) is 4.79 Å². The highest BCUT2D eigenvalue weighted by molar-refractivity contribution is 5.70. The fourth-order valence-electron chi connectivity index (χ4n) is 3.68. The number of pyridine rings is 2. The first-order valence-electron chi connectivity index (χ1n) is 11.7. The Morgan fingerprint density at radius 2 is 1.66 bits per heavy atom. The maximum atomic E-state index is 11.1. The molecule has 0 bridgehead atoms. The van der Waals surface area contributed by atoms with Crippen molar-refractivity contribution in [3.8, 4) is 28.8 Å². The van der Waals surface area contributed by atoms with E-state index in [0.29, 0.717) is 43.7 Å². The first-order chi connectivity index (χ1) is 15.6. The van der Waals surface area contributed by atoms with E-state index < -0.39 is 5.97 Å². The Bertz CT molecular complexity index is 848. The van der Waals surface area contributed by atoms with Crippen LogP contribution >= 0.6 is 0 Å². The Kier molecular flexibility index (Phi) is 9.13. The van der Waals surface area contributed by atoms with Crippen LogP contribution in [0, 0.1) is 5.92 Å². The molecule has 0 unspecified atom stereocenters. The van der Waals surface area contributed by atoms with Crippen LogP contribution in [0.1, 0.15) is 65.2 Å². The van der Waals surface area contributed by atoms with Gasteiger partial charge in [-0.2, -0.15) is 4.98 Å². The first kappa shape index (κ1) is 23.8. The normalized spacial score (nSPS) is 18.2. The minimum atomic E-state index is -0.710. The van der Waals surface area contributed by atoms with Gasteiger partial charge in [-0.15, -0.1) is 0 Å². The van der Waals surface area contributed by atoms with Gasteiger partial charge in [0.15, 0.2) is 0 Å². The molecule has 174 valence electrons. The second-order valence-corrected chi connectivity index (χ2v) is 8.22. The van der Waals surface area contributed by atoms with Crippen molar-refractivity contribution in [3.05, 3.63) is 30.5 Å². The zero-order chi connectivity index (χ0) is 22.8. The van der Waals surface area contributed by atoms with Gasteiger partial charge >= 0.3 is 5.97 Å². The predicted molar refractivity (Wildman–Crippen MR) is 122 cm³/mol. The summed E-state index contributed by atoms with van der Waals surface area (Å²) in [5, 5.41) is 9.14. The second-order valence-electron chi connectivity index (χ2n) is 8.22. The summed E-state index contributed by atoms with van der Waals surface area (Å²) in [7, 11) is 0. The molecule has 32 heavy (non-hydrogen) atoms. The van der Waals surface area contributed by atoms with Gasteiger partial charge in [-0.3, -0.25) is 4.79 Å². The molecule has 2 heterocycles. The maximum Gasteiger partial charge on any atom is 0.306 e. The molecule has 2 aromatic heterocycles. The molecule has 7 heteroatoms. The van der Waals surface area contributed by atoms with Crippen LogP contribution in [0.3, 0.4) is 0 Å². The summed E-state index contributed by atoms with van der Waals surface area (Å²) in [5.74, 6) is 0.706. The molecular formula is C25H34N2O5. The average molecular weight is 443 g/mol. The number of aromatic nitrogens is 2. The van der Waals surface area contributed by atoms with Crippen molar-refractivity contribution in [3.63, 3.8) is 0 Å². The zero-order valence-electron chi connectivity index (χ0n) is 19.1. The van der Waals surface area contributed by atoms with Crippen molar-refractivity contribution in [2.75, 3.05) is 13.2 Å². The topological polar surface area (TPSA) is 90.8 Å². The largest absolute Gasteiger partial charge is 0.481 e. The van der Waals surface area contributed by atoms with Crippen LogP contribution in [-0.4, -0.2) is 40.4 Å². The number of hydrogen-bond donors (Lipinski definition) is 1. The third-order valence-electron chi connectivity index (χ3n) is 5.68. The maximum absolute atomic E-state index is 11.1. The van der Waals surface area contributed by atoms with Gasteiger partial charge in [-0.25, -0.2) is 4.98 Å². The molecule has 2 aromatic rings. The molecule has 0 aliphatic heterocycles. The number of unbranched alkanes of at least 4 members (excludes halogenated alkanes) is 2. The molecular weight excluding hydrogens is 408 g/mol. The van der Waals surface area contributed by atoms with E-state index in [2.05, 4.69) is 23.8 Å². The fourth-order valence-corrected chi connectivity index (χ4v) is 3.68. The lowest BCUT2D eigenvalue weighted by Crippen LogP contribution is -2.28. The number of carboxylic acid groups (broad SMARTS) is 1. The van der Waals surface area contributed by atoms with Gasteiger partial charge in [-0.05, 0) is 50.7 Å². The lowest BCUT2D eigenvalue weighted by Gasteiger charge is -2.26. The van der Waals surface area contributed by atoms with Gasteiger partial charge < -0.3 is 19.3 Å². The van der Waals surface area contributed by atoms with Crippen LogP contribution in [0.15, 0.2) is 30.5 Å². The molecule has 1 N–H and O–H groups in total. The Balaban J connectivity index is 1.67. The third-order valence-corrected chi connectivity index (χ3v) is 5.68. The summed E-state index contributed by atoms with van der Waals surface area (Å²) in [6, 6.07) is 7.62. The Morgan fingerprint density at radius 3 is 2.28 bits per heavy atom. The first-order valence-corrected chi connectivity index (χ1v) is 11.7. The quantitative estimate of drug-likeness (QED) is 0.433. The summed E-state index contributed by atoms with van der Waals surface area (Å²) >= 11 is 0. The Morgan fingerprint density at radius 1 is 0.969 bits per heavy atom. The molecule has 0 radical (unpaired) electrons. The summed E-state index contributed by atoms with van der Waals surface area (Å²) in [6.45, 7) is 5.49. The van der Waals surface area contributed by atoms with Crippen molar-refractivity contribution >= 4 is 5.97 Å². The molecule has 1 fully saturated rings. The van der Waals surface area contributed by atoms with Gasteiger partial charge in [0, 0.05) is 29.5 Å². The SMILES string of the molecule is CCCCOc1ccc(-c2ccc(OC3CCC(C(=O)O)CC3)nc2)c(OCCCC)n1. The van der Waals surface area contributed by atoms with E-state index in [1.807, 2.05) is 24.3 Å². The Labute approximate surface area is 190 Å². The van der Waals surface area contributed by atoms with Crippen LogP contribution in [-0.2, 0) is 4.79 Å². The molecule has 1 saturated carbocycles. The highest BCUT2D eigenvalue weighted by Gasteiger charge is 2.27. The molecule has 7 nitrogen and oxygen atoms in total. The molecule has 0 aromatic carbocycles. The van der Waals surface area contributed by atoms with E-state index in [-0.39, 0.29) is 12.0 Å². The number of aliphatic carboxylic acids is 1. The molecule has 0 saturated heterocycles. The van der Waals surface area contributed by atoms with Gasteiger partial charge in [0.2, 0.25) is 17.6 Å². The number of hydrogen-bond acceptors (Lipinski definition) is 6. The molecule has 1 aliphatic carbocycles. The molecule has 0 spiro atoms. The van der Waals surface area contributed by atoms with E-state index in [1.165, 1.54) is 0 Å². The number of carboxylic acids is 1. The van der Waals surface area contributed by atoms with Crippen LogP contribution in [0.2, 0.25) is 0 Å². The molecule has 3 rings (SSSR count). The van der Waals surface area contributed by atoms with E-state index in [1.54, 1.807) is 6.20 Å². The summed E-state index contributed by atoms with van der Waals surface area (Å²) in [4.78, 5) is 20.2. The van der Waals surface area contributed by atoms with Gasteiger partial charge in [0.1, 0.15) is 6.10 Å². The van der Waals surface area contributed by atoms with E-state index in [0.717, 1.165) is 49.7 Å². The highest BCUT2D eigenvalue weighted by atomic mass is 16.5. The Hall–Kier alpha value is -2.83. The summed E-state index contributed by atoms with van der Waals surface area (Å²) in [5.41, 5.74) is 1.76.